The predicted octanol–water partition coefficient (Wildman–Crippen LogP) is 5.33. The van der Waals surface area contributed by atoms with Crippen molar-refractivity contribution in [3.63, 3.8) is 0 Å². The molecule has 1 N–H and O–H groups in total. The fourth-order valence-electron chi connectivity index (χ4n) is 3.04. The topological polar surface area (TPSA) is 12.0 Å². The van der Waals surface area contributed by atoms with Gasteiger partial charge in [-0.3, -0.25) is 0 Å². The molecule has 3 heteroatoms. The number of hydrogen-bond donors (Lipinski definition) is 1. The average molecular weight is 331 g/mol. The van der Waals surface area contributed by atoms with E-state index >= 15 is 0 Å². The monoisotopic (exact) mass is 329 g/mol. The highest BCUT2D eigenvalue weighted by molar-refractivity contribution is 9.10. The average Bonchev–Trinajstić information content (AvgIpc) is 2.64. The van der Waals surface area contributed by atoms with Crippen LogP contribution in [0.3, 0.4) is 0 Å². The van der Waals surface area contributed by atoms with Gasteiger partial charge in [-0.15, -0.1) is 0 Å². The van der Waals surface area contributed by atoms with Crippen LogP contribution in [0.5, 0.6) is 0 Å². The molecule has 0 heterocycles. The van der Waals surface area contributed by atoms with Crippen molar-refractivity contribution in [1.82, 2.24) is 5.32 Å². The maximum absolute atomic E-state index is 6.37. The molecular formula is C15H21BrClN. The van der Waals surface area contributed by atoms with E-state index in [2.05, 4.69) is 27.3 Å². The second-order valence-electron chi connectivity index (χ2n) is 5.18. The van der Waals surface area contributed by atoms with E-state index in [-0.39, 0.29) is 0 Å². The Morgan fingerprint density at radius 1 is 1.22 bits per heavy atom. The summed E-state index contributed by atoms with van der Waals surface area (Å²) in [6, 6.07) is 6.54. The molecule has 1 unspecified atom stereocenters. The summed E-state index contributed by atoms with van der Waals surface area (Å²) in [5.41, 5.74) is 1.24. The number of benzene rings is 1. The van der Waals surface area contributed by atoms with Crippen molar-refractivity contribution in [3.8, 4) is 0 Å². The third-order valence-corrected chi connectivity index (χ3v) is 4.81. The molecule has 100 valence electrons. The van der Waals surface area contributed by atoms with Crippen molar-refractivity contribution in [2.75, 3.05) is 7.05 Å². The zero-order chi connectivity index (χ0) is 13.0. The van der Waals surface area contributed by atoms with E-state index in [1.54, 1.807) is 0 Å². The molecule has 1 aromatic rings. The molecule has 1 fully saturated rings. The van der Waals surface area contributed by atoms with E-state index in [1.165, 1.54) is 44.1 Å². The Kier molecular flexibility index (Phi) is 5.53. The van der Waals surface area contributed by atoms with E-state index in [9.17, 15) is 0 Å². The van der Waals surface area contributed by atoms with E-state index in [0.29, 0.717) is 12.0 Å². The fourth-order valence-corrected chi connectivity index (χ4v) is 3.66. The lowest BCUT2D eigenvalue weighted by Gasteiger charge is -2.27. The Hall–Kier alpha value is -0.0500. The fraction of sp³-hybridized carbons (Fsp3) is 0.600. The molecule has 1 nitrogen and oxygen atoms in total. The van der Waals surface area contributed by atoms with Gasteiger partial charge in [-0.1, -0.05) is 53.2 Å². The van der Waals surface area contributed by atoms with Gasteiger partial charge in [-0.25, -0.2) is 0 Å². The molecule has 2 rings (SSSR count). The first-order valence-corrected chi connectivity index (χ1v) is 8.01. The van der Waals surface area contributed by atoms with Crippen LogP contribution >= 0.6 is 27.5 Å². The normalized spacial score (nSPS) is 19.5. The molecule has 0 radical (unpaired) electrons. The number of rotatable bonds is 3. The molecular weight excluding hydrogens is 310 g/mol. The summed E-state index contributed by atoms with van der Waals surface area (Å²) in [4.78, 5) is 0. The van der Waals surface area contributed by atoms with E-state index in [1.807, 2.05) is 19.2 Å². The van der Waals surface area contributed by atoms with Crippen molar-refractivity contribution in [2.24, 2.45) is 5.92 Å². The van der Waals surface area contributed by atoms with Crippen molar-refractivity contribution in [3.05, 3.63) is 33.3 Å². The van der Waals surface area contributed by atoms with Gasteiger partial charge in [0.1, 0.15) is 0 Å². The molecule has 1 aliphatic rings. The maximum atomic E-state index is 6.37. The smallest absolute Gasteiger partial charge is 0.0454 e. The summed E-state index contributed by atoms with van der Waals surface area (Å²) in [5, 5.41) is 4.36. The SMILES string of the molecule is CNC(c1cc(Br)ccc1Cl)C1CCCCCC1. The highest BCUT2D eigenvalue weighted by Gasteiger charge is 2.24. The molecule has 1 atom stereocenters. The van der Waals surface area contributed by atoms with Crippen LogP contribution in [0.2, 0.25) is 5.02 Å². The van der Waals surface area contributed by atoms with Crippen LogP contribution in [0.25, 0.3) is 0 Å². The van der Waals surface area contributed by atoms with E-state index < -0.39 is 0 Å². The lowest BCUT2D eigenvalue weighted by Crippen LogP contribution is -2.25. The van der Waals surface area contributed by atoms with E-state index in [4.69, 9.17) is 11.6 Å². The molecule has 0 saturated heterocycles. The van der Waals surface area contributed by atoms with Gasteiger partial charge in [0.2, 0.25) is 0 Å². The molecule has 0 amide bonds. The lowest BCUT2D eigenvalue weighted by atomic mass is 9.87. The summed E-state index contributed by atoms with van der Waals surface area (Å²) in [5.74, 6) is 0.712. The molecule has 1 aromatic carbocycles. The maximum Gasteiger partial charge on any atom is 0.0454 e. The molecule has 0 aromatic heterocycles. The van der Waals surface area contributed by atoms with Crippen molar-refractivity contribution in [1.29, 1.82) is 0 Å². The Labute approximate surface area is 123 Å². The Balaban J connectivity index is 2.23. The van der Waals surface area contributed by atoms with Crippen molar-refractivity contribution < 1.29 is 0 Å². The lowest BCUT2D eigenvalue weighted by molar-refractivity contribution is 0.341. The number of hydrogen-bond acceptors (Lipinski definition) is 1. The zero-order valence-electron chi connectivity index (χ0n) is 10.9. The zero-order valence-corrected chi connectivity index (χ0v) is 13.2. The Morgan fingerprint density at radius 3 is 2.50 bits per heavy atom. The second-order valence-corrected chi connectivity index (χ2v) is 6.51. The van der Waals surface area contributed by atoms with Gasteiger partial charge in [-0.2, -0.15) is 0 Å². The van der Waals surface area contributed by atoms with Crippen LogP contribution < -0.4 is 5.32 Å². The minimum absolute atomic E-state index is 0.382. The van der Waals surface area contributed by atoms with E-state index in [0.717, 1.165) is 9.50 Å². The van der Waals surface area contributed by atoms with Crippen LogP contribution in [0.4, 0.5) is 0 Å². The van der Waals surface area contributed by atoms with Crippen molar-refractivity contribution >= 4 is 27.5 Å². The van der Waals surface area contributed by atoms with Crippen LogP contribution in [-0.2, 0) is 0 Å². The van der Waals surface area contributed by atoms with Gasteiger partial charge in [0, 0.05) is 15.5 Å². The summed E-state index contributed by atoms with van der Waals surface area (Å²) in [7, 11) is 2.05. The molecule has 0 spiro atoms. The third-order valence-electron chi connectivity index (χ3n) is 3.98. The molecule has 0 aliphatic heterocycles. The molecule has 18 heavy (non-hydrogen) atoms. The summed E-state index contributed by atoms with van der Waals surface area (Å²) in [6.45, 7) is 0. The van der Waals surface area contributed by atoms with Crippen LogP contribution in [-0.4, -0.2) is 7.05 Å². The van der Waals surface area contributed by atoms with Gasteiger partial charge in [0.25, 0.3) is 0 Å². The van der Waals surface area contributed by atoms with Gasteiger partial charge in [-0.05, 0) is 49.6 Å². The Morgan fingerprint density at radius 2 is 1.89 bits per heavy atom. The molecule has 1 saturated carbocycles. The predicted molar refractivity (Wildman–Crippen MR) is 82.1 cm³/mol. The molecule has 0 bridgehead atoms. The quantitative estimate of drug-likeness (QED) is 0.738. The minimum atomic E-state index is 0.382. The Bertz CT molecular complexity index is 386. The summed E-state index contributed by atoms with van der Waals surface area (Å²) < 4.78 is 1.11. The first-order valence-electron chi connectivity index (χ1n) is 6.84. The van der Waals surface area contributed by atoms with Gasteiger partial charge in [0.15, 0.2) is 0 Å². The summed E-state index contributed by atoms with van der Waals surface area (Å²) in [6.07, 6.45) is 8.12. The highest BCUT2D eigenvalue weighted by Crippen LogP contribution is 2.37. The van der Waals surface area contributed by atoms with Crippen molar-refractivity contribution in [2.45, 2.75) is 44.6 Å². The summed E-state index contributed by atoms with van der Waals surface area (Å²) >= 11 is 9.92. The van der Waals surface area contributed by atoms with Crippen LogP contribution in [0.15, 0.2) is 22.7 Å². The minimum Gasteiger partial charge on any atom is -0.313 e. The van der Waals surface area contributed by atoms with Gasteiger partial charge < -0.3 is 5.32 Å². The van der Waals surface area contributed by atoms with Crippen LogP contribution in [0.1, 0.15) is 50.1 Å². The van der Waals surface area contributed by atoms with Crippen LogP contribution in [0, 0.1) is 5.92 Å². The molecule has 1 aliphatic carbocycles. The van der Waals surface area contributed by atoms with Gasteiger partial charge >= 0.3 is 0 Å². The third kappa shape index (κ3) is 3.49. The standard InChI is InChI=1S/C15H21BrClN/c1-18-15(11-6-4-2-3-5-7-11)13-10-12(16)8-9-14(13)17/h8-11,15,18H,2-7H2,1H3. The largest absolute Gasteiger partial charge is 0.313 e. The first kappa shape index (κ1) is 14.4. The number of halogens is 2. The number of nitrogens with one attached hydrogen (secondary N) is 1. The highest BCUT2D eigenvalue weighted by atomic mass is 79.9. The van der Waals surface area contributed by atoms with Gasteiger partial charge in [0.05, 0.1) is 0 Å². The second kappa shape index (κ2) is 6.93. The first-order chi connectivity index (χ1) is 8.72.